The monoisotopic (exact) mass is 314 g/mol. The van der Waals surface area contributed by atoms with Gasteiger partial charge in [-0.05, 0) is 17.9 Å². The summed E-state index contributed by atoms with van der Waals surface area (Å²) in [6, 6.07) is 1.62. The molecule has 0 fully saturated rings. The van der Waals surface area contributed by atoms with Crippen molar-refractivity contribution in [3.8, 4) is 0 Å². The van der Waals surface area contributed by atoms with E-state index in [9.17, 15) is 14.4 Å². The molecular weight excluding hydrogens is 296 g/mol. The summed E-state index contributed by atoms with van der Waals surface area (Å²) in [5.74, 6) is -1.99. The molecule has 3 N–H and O–H groups in total. The Labute approximate surface area is 126 Å². The van der Waals surface area contributed by atoms with Gasteiger partial charge in [0.2, 0.25) is 0 Å². The summed E-state index contributed by atoms with van der Waals surface area (Å²) >= 11 is 1.50. The quantitative estimate of drug-likeness (QED) is 0.662. The van der Waals surface area contributed by atoms with Gasteiger partial charge in [-0.3, -0.25) is 4.79 Å². The molecule has 1 rings (SSSR count). The van der Waals surface area contributed by atoms with Gasteiger partial charge in [0.15, 0.2) is 0 Å². The van der Waals surface area contributed by atoms with Crippen molar-refractivity contribution in [2.45, 2.75) is 31.8 Å². The number of amides is 2. The summed E-state index contributed by atoms with van der Waals surface area (Å²) in [4.78, 5) is 35.0. The van der Waals surface area contributed by atoms with Crippen molar-refractivity contribution < 1.29 is 24.2 Å². The number of hydrogen-bond acceptors (Lipinski definition) is 5. The molecule has 1 aromatic heterocycles. The Balaban J connectivity index is 2.60. The number of urea groups is 1. The lowest BCUT2D eigenvalue weighted by molar-refractivity contribution is -0.147. The zero-order chi connectivity index (χ0) is 15.8. The Kier molecular flexibility index (Phi) is 6.67. The van der Waals surface area contributed by atoms with E-state index in [1.54, 1.807) is 0 Å². The Bertz CT molecular complexity index is 489. The number of carbonyl (C=O) groups is 3. The van der Waals surface area contributed by atoms with E-state index in [0.29, 0.717) is 6.42 Å². The molecule has 0 aliphatic rings. The van der Waals surface area contributed by atoms with Crippen molar-refractivity contribution in [1.82, 2.24) is 10.6 Å². The molecule has 1 heterocycles. The first-order valence-electron chi connectivity index (χ1n) is 6.38. The maximum Gasteiger partial charge on any atom is 0.326 e. The van der Waals surface area contributed by atoms with Gasteiger partial charge >= 0.3 is 18.0 Å². The number of carboxylic acid groups (broad SMARTS) is 1. The van der Waals surface area contributed by atoms with Gasteiger partial charge in [-0.1, -0.05) is 13.0 Å². The standard InChI is InChI=1S/C13H18N2O5S/c1-3-8(10-5-4-6-21-10)14-13(19)15-9(12(17)18)7-11(16)20-2/h4-6,8-9H,3,7H2,1-2H3,(H,17,18)(H2,14,15,19)/t8?,9-/m0/s1. The highest BCUT2D eigenvalue weighted by Gasteiger charge is 2.24. The Hall–Kier alpha value is -2.09. The van der Waals surface area contributed by atoms with Gasteiger partial charge in [0.05, 0.1) is 19.6 Å². The van der Waals surface area contributed by atoms with Gasteiger partial charge in [0, 0.05) is 4.88 Å². The molecule has 0 spiro atoms. The normalized spacial score (nSPS) is 13.0. The van der Waals surface area contributed by atoms with E-state index < -0.39 is 30.4 Å². The number of thiophene rings is 1. The minimum Gasteiger partial charge on any atom is -0.480 e. The number of ether oxygens (including phenoxy) is 1. The van der Waals surface area contributed by atoms with Crippen LogP contribution in [0.4, 0.5) is 4.79 Å². The highest BCUT2D eigenvalue weighted by molar-refractivity contribution is 7.10. The predicted molar refractivity (Wildman–Crippen MR) is 77.1 cm³/mol. The predicted octanol–water partition coefficient (Wildman–Crippen LogP) is 1.51. The molecule has 116 valence electrons. The van der Waals surface area contributed by atoms with Crippen LogP contribution in [0.15, 0.2) is 17.5 Å². The Morgan fingerprint density at radius 3 is 2.57 bits per heavy atom. The molecule has 0 radical (unpaired) electrons. The van der Waals surface area contributed by atoms with Crippen molar-refractivity contribution in [3.05, 3.63) is 22.4 Å². The number of carboxylic acids is 1. The number of methoxy groups -OCH3 is 1. The third-order valence-corrected chi connectivity index (χ3v) is 3.79. The molecule has 2 atom stereocenters. The van der Waals surface area contributed by atoms with E-state index in [2.05, 4.69) is 15.4 Å². The first-order chi connectivity index (χ1) is 9.97. The van der Waals surface area contributed by atoms with E-state index in [1.165, 1.54) is 11.3 Å². The highest BCUT2D eigenvalue weighted by atomic mass is 32.1. The fraction of sp³-hybridized carbons (Fsp3) is 0.462. The summed E-state index contributed by atoms with van der Waals surface area (Å²) < 4.78 is 4.40. The third kappa shape index (κ3) is 5.42. The van der Waals surface area contributed by atoms with E-state index in [4.69, 9.17) is 5.11 Å². The average Bonchev–Trinajstić information content (AvgIpc) is 2.97. The lowest BCUT2D eigenvalue weighted by atomic mass is 10.2. The van der Waals surface area contributed by atoms with Crippen molar-refractivity contribution in [2.75, 3.05) is 7.11 Å². The molecule has 0 aliphatic heterocycles. The van der Waals surface area contributed by atoms with Gasteiger partial charge < -0.3 is 20.5 Å². The number of nitrogens with one attached hydrogen (secondary N) is 2. The van der Waals surface area contributed by atoms with E-state index in [0.717, 1.165) is 12.0 Å². The highest BCUT2D eigenvalue weighted by Crippen LogP contribution is 2.21. The molecule has 0 saturated heterocycles. The van der Waals surface area contributed by atoms with Crippen LogP contribution in [0.2, 0.25) is 0 Å². The molecule has 7 nitrogen and oxygen atoms in total. The second kappa shape index (κ2) is 8.25. The average molecular weight is 314 g/mol. The third-order valence-electron chi connectivity index (χ3n) is 2.80. The summed E-state index contributed by atoms with van der Waals surface area (Å²) in [7, 11) is 1.16. The first kappa shape index (κ1) is 17.0. The summed E-state index contributed by atoms with van der Waals surface area (Å²) in [5.41, 5.74) is 0. The van der Waals surface area contributed by atoms with Gasteiger partial charge in [-0.2, -0.15) is 0 Å². The Morgan fingerprint density at radius 1 is 1.38 bits per heavy atom. The smallest absolute Gasteiger partial charge is 0.326 e. The second-order valence-corrected chi connectivity index (χ2v) is 5.24. The van der Waals surface area contributed by atoms with Crippen LogP contribution in [0.5, 0.6) is 0 Å². The minimum atomic E-state index is -1.32. The van der Waals surface area contributed by atoms with Crippen molar-refractivity contribution in [2.24, 2.45) is 0 Å². The van der Waals surface area contributed by atoms with Crippen LogP contribution in [-0.2, 0) is 14.3 Å². The number of hydrogen-bond donors (Lipinski definition) is 3. The minimum absolute atomic E-state index is 0.197. The molecule has 0 bridgehead atoms. The van der Waals surface area contributed by atoms with Crippen LogP contribution >= 0.6 is 11.3 Å². The molecule has 0 saturated carbocycles. The molecule has 2 amide bonds. The number of carbonyl (C=O) groups excluding carboxylic acids is 2. The number of aliphatic carboxylic acids is 1. The van der Waals surface area contributed by atoms with Gasteiger partial charge in [0.1, 0.15) is 6.04 Å². The SMILES string of the molecule is CCC(NC(=O)N[C@@H](CC(=O)OC)C(=O)O)c1cccs1. The van der Waals surface area contributed by atoms with Crippen LogP contribution < -0.4 is 10.6 Å². The zero-order valence-corrected chi connectivity index (χ0v) is 12.6. The van der Waals surface area contributed by atoms with Crippen LogP contribution in [0.3, 0.4) is 0 Å². The molecule has 0 aromatic carbocycles. The summed E-state index contributed by atoms with van der Waals surface area (Å²) in [5, 5.41) is 15.8. The lowest BCUT2D eigenvalue weighted by Gasteiger charge is -2.18. The van der Waals surface area contributed by atoms with Gasteiger partial charge in [-0.25, -0.2) is 9.59 Å². The molecule has 1 aromatic rings. The zero-order valence-electron chi connectivity index (χ0n) is 11.8. The maximum atomic E-state index is 11.9. The fourth-order valence-electron chi connectivity index (χ4n) is 1.67. The summed E-state index contributed by atoms with van der Waals surface area (Å²) in [6.45, 7) is 1.91. The van der Waals surface area contributed by atoms with E-state index in [1.807, 2.05) is 24.4 Å². The van der Waals surface area contributed by atoms with Gasteiger partial charge in [0.25, 0.3) is 0 Å². The van der Waals surface area contributed by atoms with Crippen LogP contribution in [0, 0.1) is 0 Å². The molecule has 21 heavy (non-hydrogen) atoms. The van der Waals surface area contributed by atoms with Crippen molar-refractivity contribution in [3.63, 3.8) is 0 Å². The van der Waals surface area contributed by atoms with Crippen LogP contribution in [-0.4, -0.2) is 36.2 Å². The topological polar surface area (TPSA) is 105 Å². The van der Waals surface area contributed by atoms with E-state index in [-0.39, 0.29) is 6.04 Å². The van der Waals surface area contributed by atoms with Crippen molar-refractivity contribution in [1.29, 1.82) is 0 Å². The largest absolute Gasteiger partial charge is 0.480 e. The molecular formula is C13H18N2O5S. The molecule has 1 unspecified atom stereocenters. The fourth-order valence-corrected chi connectivity index (χ4v) is 2.53. The summed E-state index contributed by atoms with van der Waals surface area (Å²) in [6.07, 6.45) is 0.248. The second-order valence-electron chi connectivity index (χ2n) is 4.27. The van der Waals surface area contributed by atoms with Crippen LogP contribution in [0.25, 0.3) is 0 Å². The van der Waals surface area contributed by atoms with Crippen molar-refractivity contribution >= 4 is 29.3 Å². The lowest BCUT2D eigenvalue weighted by Crippen LogP contribution is -2.47. The molecule has 8 heteroatoms. The first-order valence-corrected chi connectivity index (χ1v) is 7.26. The molecule has 0 aliphatic carbocycles. The van der Waals surface area contributed by atoms with Gasteiger partial charge in [-0.15, -0.1) is 11.3 Å². The Morgan fingerprint density at radius 2 is 2.10 bits per heavy atom. The van der Waals surface area contributed by atoms with Crippen LogP contribution in [0.1, 0.15) is 30.7 Å². The van der Waals surface area contributed by atoms with E-state index >= 15 is 0 Å². The maximum absolute atomic E-state index is 11.9. The number of rotatable bonds is 7. The number of esters is 1.